The van der Waals surface area contributed by atoms with E-state index in [0.717, 1.165) is 6.26 Å². The highest BCUT2D eigenvalue weighted by Crippen LogP contribution is 2.41. The quantitative estimate of drug-likeness (QED) is 0.578. The largest absolute Gasteiger partial charge is 0.264 e. The molecule has 1 atom stereocenters. The van der Waals surface area contributed by atoms with Crippen molar-refractivity contribution in [3.05, 3.63) is 0 Å². The molecule has 1 unspecified atom stereocenters. The highest BCUT2D eigenvalue weighted by atomic mass is 35.6. The van der Waals surface area contributed by atoms with Crippen molar-refractivity contribution >= 4 is 44.9 Å². The first-order chi connectivity index (χ1) is 5.84. The smallest absolute Gasteiger partial charge is 0.262 e. The van der Waals surface area contributed by atoms with E-state index in [2.05, 4.69) is 0 Å². The van der Waals surface area contributed by atoms with Crippen LogP contribution in [-0.2, 0) is 14.3 Å². The van der Waals surface area contributed by atoms with Crippen LogP contribution in [0.25, 0.3) is 0 Å². The summed E-state index contributed by atoms with van der Waals surface area (Å²) in [5.74, 6) is 0. The average molecular weight is 284 g/mol. The fourth-order valence-corrected chi connectivity index (χ4v) is 2.92. The highest BCUT2D eigenvalue weighted by Gasteiger charge is 2.44. The second-order valence-electron chi connectivity index (χ2n) is 4.09. The van der Waals surface area contributed by atoms with Crippen molar-refractivity contribution in [2.75, 3.05) is 6.26 Å². The Morgan fingerprint density at radius 2 is 1.50 bits per heavy atom. The first kappa shape index (κ1) is 14.8. The molecule has 0 aromatic rings. The van der Waals surface area contributed by atoms with E-state index >= 15 is 0 Å². The van der Waals surface area contributed by atoms with Crippen molar-refractivity contribution in [3.8, 4) is 0 Å². The van der Waals surface area contributed by atoms with Gasteiger partial charge in [-0.2, -0.15) is 8.42 Å². The van der Waals surface area contributed by atoms with Crippen LogP contribution in [0.4, 0.5) is 0 Å². The SMILES string of the molecule is CC(C)(C)C(OS(C)(=O)=O)C(Cl)(Cl)Cl. The van der Waals surface area contributed by atoms with E-state index < -0.39 is 25.4 Å². The second kappa shape index (κ2) is 4.34. The van der Waals surface area contributed by atoms with Gasteiger partial charge >= 0.3 is 0 Å². The Kier molecular flexibility index (Phi) is 4.58. The standard InChI is InChI=1S/C7H13Cl3O3S/c1-6(2,3)5(7(8,9)10)13-14(4,11)12/h5H,1-4H3. The lowest BCUT2D eigenvalue weighted by atomic mass is 9.90. The summed E-state index contributed by atoms with van der Waals surface area (Å²) in [4.78, 5) is 0. The number of hydrogen-bond acceptors (Lipinski definition) is 3. The van der Waals surface area contributed by atoms with Crippen molar-refractivity contribution in [3.63, 3.8) is 0 Å². The Morgan fingerprint density at radius 1 is 1.14 bits per heavy atom. The van der Waals surface area contributed by atoms with Gasteiger partial charge in [-0.25, -0.2) is 0 Å². The lowest BCUT2D eigenvalue weighted by molar-refractivity contribution is 0.0976. The monoisotopic (exact) mass is 282 g/mol. The van der Waals surface area contributed by atoms with Gasteiger partial charge < -0.3 is 0 Å². The Balaban J connectivity index is 4.97. The van der Waals surface area contributed by atoms with Gasteiger partial charge in [0.25, 0.3) is 10.1 Å². The van der Waals surface area contributed by atoms with Gasteiger partial charge in [-0.1, -0.05) is 55.6 Å². The molecule has 0 bridgehead atoms. The van der Waals surface area contributed by atoms with Crippen molar-refractivity contribution < 1.29 is 12.6 Å². The molecule has 0 aliphatic carbocycles. The zero-order chi connectivity index (χ0) is 11.8. The molecule has 0 spiro atoms. The fourth-order valence-electron chi connectivity index (χ4n) is 0.865. The van der Waals surface area contributed by atoms with Gasteiger partial charge in [0.2, 0.25) is 3.79 Å². The summed E-state index contributed by atoms with van der Waals surface area (Å²) in [6.45, 7) is 5.18. The zero-order valence-electron chi connectivity index (χ0n) is 8.34. The minimum absolute atomic E-state index is 0.589. The lowest BCUT2D eigenvalue weighted by Gasteiger charge is -2.34. The number of halogens is 3. The van der Waals surface area contributed by atoms with Gasteiger partial charge in [0.1, 0.15) is 6.10 Å². The molecule has 0 aliphatic heterocycles. The van der Waals surface area contributed by atoms with E-state index in [0.29, 0.717) is 0 Å². The maximum atomic E-state index is 10.9. The van der Waals surface area contributed by atoms with Crippen LogP contribution in [0.1, 0.15) is 20.8 Å². The maximum absolute atomic E-state index is 10.9. The molecule has 14 heavy (non-hydrogen) atoms. The van der Waals surface area contributed by atoms with Gasteiger partial charge in [-0.3, -0.25) is 4.18 Å². The van der Waals surface area contributed by atoms with Crippen molar-refractivity contribution in [1.82, 2.24) is 0 Å². The molecule has 0 amide bonds. The lowest BCUT2D eigenvalue weighted by Crippen LogP contribution is -2.41. The summed E-state index contributed by atoms with van der Waals surface area (Å²) in [6, 6.07) is 0. The van der Waals surface area contributed by atoms with Crippen molar-refractivity contribution in [1.29, 1.82) is 0 Å². The topological polar surface area (TPSA) is 43.4 Å². The van der Waals surface area contributed by atoms with Gasteiger partial charge in [0.15, 0.2) is 0 Å². The Labute approximate surface area is 99.8 Å². The highest BCUT2D eigenvalue weighted by molar-refractivity contribution is 7.86. The molecule has 7 heteroatoms. The van der Waals surface area contributed by atoms with Gasteiger partial charge in [0.05, 0.1) is 6.26 Å². The molecule has 0 aromatic carbocycles. The zero-order valence-corrected chi connectivity index (χ0v) is 11.4. The summed E-state index contributed by atoms with van der Waals surface area (Å²) >= 11 is 16.9. The summed E-state index contributed by atoms with van der Waals surface area (Å²) in [6.07, 6.45) is -0.0997. The van der Waals surface area contributed by atoms with E-state index in [9.17, 15) is 8.42 Å². The molecular weight excluding hydrogens is 270 g/mol. The van der Waals surface area contributed by atoms with Gasteiger partial charge in [-0.05, 0) is 5.41 Å². The van der Waals surface area contributed by atoms with E-state index in [1.54, 1.807) is 20.8 Å². The molecule has 0 N–H and O–H groups in total. The summed E-state index contributed by atoms with van der Waals surface area (Å²) < 4.78 is 24.8. The maximum Gasteiger partial charge on any atom is 0.264 e. The first-order valence-corrected chi connectivity index (χ1v) is 6.74. The average Bonchev–Trinajstić information content (AvgIpc) is 1.75. The third kappa shape index (κ3) is 5.61. The molecule has 0 saturated carbocycles. The van der Waals surface area contributed by atoms with Crippen molar-refractivity contribution in [2.24, 2.45) is 5.41 Å². The van der Waals surface area contributed by atoms with Crippen LogP contribution in [0.15, 0.2) is 0 Å². The van der Waals surface area contributed by atoms with Crippen LogP contribution >= 0.6 is 34.8 Å². The summed E-state index contributed by atoms with van der Waals surface area (Å²) in [5.41, 5.74) is -0.589. The minimum Gasteiger partial charge on any atom is -0.262 e. The van der Waals surface area contributed by atoms with E-state index in [4.69, 9.17) is 39.0 Å². The van der Waals surface area contributed by atoms with Crippen LogP contribution in [0.2, 0.25) is 0 Å². The molecule has 86 valence electrons. The van der Waals surface area contributed by atoms with Gasteiger partial charge in [0, 0.05) is 0 Å². The molecule has 0 aromatic heterocycles. The third-order valence-corrected chi connectivity index (χ3v) is 2.49. The Morgan fingerprint density at radius 3 is 1.57 bits per heavy atom. The van der Waals surface area contributed by atoms with E-state index in [1.165, 1.54) is 0 Å². The van der Waals surface area contributed by atoms with Gasteiger partial charge in [-0.15, -0.1) is 0 Å². The molecule has 0 aliphatic rings. The molecule has 3 nitrogen and oxygen atoms in total. The van der Waals surface area contributed by atoms with Crippen LogP contribution in [0.3, 0.4) is 0 Å². The second-order valence-corrected chi connectivity index (χ2v) is 8.06. The molecule has 0 rings (SSSR count). The molecule has 0 saturated heterocycles. The molecule has 0 radical (unpaired) electrons. The Hall–Kier alpha value is 0.780. The van der Waals surface area contributed by atoms with Crippen LogP contribution in [-0.4, -0.2) is 24.6 Å². The Bertz CT molecular complexity index is 272. The third-order valence-electron chi connectivity index (χ3n) is 1.35. The first-order valence-electron chi connectivity index (χ1n) is 3.79. The van der Waals surface area contributed by atoms with E-state index in [1.807, 2.05) is 0 Å². The normalized spacial score (nSPS) is 16.8. The molecule has 0 heterocycles. The minimum atomic E-state index is -3.64. The van der Waals surface area contributed by atoms with Crippen LogP contribution in [0.5, 0.6) is 0 Å². The number of hydrogen-bond donors (Lipinski definition) is 0. The number of alkyl halides is 3. The van der Waals surface area contributed by atoms with Crippen LogP contribution in [0, 0.1) is 5.41 Å². The molecule has 0 fully saturated rings. The summed E-state index contributed by atoms with van der Waals surface area (Å²) in [7, 11) is -3.64. The molecular formula is C7H13Cl3O3S. The van der Waals surface area contributed by atoms with Crippen molar-refractivity contribution in [2.45, 2.75) is 30.7 Å². The van der Waals surface area contributed by atoms with E-state index in [-0.39, 0.29) is 0 Å². The van der Waals surface area contributed by atoms with Crippen LogP contribution < -0.4 is 0 Å². The predicted molar refractivity (Wildman–Crippen MR) is 59.5 cm³/mol. The summed E-state index contributed by atoms with van der Waals surface area (Å²) in [5, 5.41) is 0. The number of rotatable bonds is 2. The fraction of sp³-hybridized carbons (Fsp3) is 1.00. The predicted octanol–water partition coefficient (Wildman–Crippen LogP) is 2.75.